The van der Waals surface area contributed by atoms with Gasteiger partial charge in [0.1, 0.15) is 12.1 Å². The van der Waals surface area contributed by atoms with Gasteiger partial charge >= 0.3 is 0 Å². The van der Waals surface area contributed by atoms with E-state index in [1.54, 1.807) is 36.4 Å². The molecule has 0 bridgehead atoms. The lowest BCUT2D eigenvalue weighted by atomic mass is 10.1. The Balaban J connectivity index is 1.42. The highest BCUT2D eigenvalue weighted by Gasteiger charge is 2.05. The summed E-state index contributed by atoms with van der Waals surface area (Å²) in [7, 11) is 0. The van der Waals surface area contributed by atoms with Crippen LogP contribution in [-0.4, -0.2) is 39.3 Å². The van der Waals surface area contributed by atoms with Crippen LogP contribution in [0.15, 0.2) is 48.8 Å². The second kappa shape index (κ2) is 8.64. The van der Waals surface area contributed by atoms with Crippen LogP contribution in [0.2, 0.25) is 10.0 Å². The van der Waals surface area contributed by atoms with Crippen LogP contribution in [-0.2, 0) is 11.2 Å². The molecule has 0 spiro atoms. The van der Waals surface area contributed by atoms with Gasteiger partial charge in [0.2, 0.25) is 0 Å². The molecule has 1 heterocycles. The number of benzene rings is 2. The molecular formula is C17H15Cl2N5O2. The maximum Gasteiger partial charge on any atom is 0.257 e. The van der Waals surface area contributed by atoms with E-state index in [4.69, 9.17) is 27.9 Å². The average molecular weight is 392 g/mol. The highest BCUT2D eigenvalue weighted by Crippen LogP contribution is 2.21. The molecule has 0 aliphatic heterocycles. The van der Waals surface area contributed by atoms with E-state index in [1.807, 2.05) is 6.07 Å². The lowest BCUT2D eigenvalue weighted by Gasteiger charge is -2.09. The number of halogens is 2. The van der Waals surface area contributed by atoms with Crippen LogP contribution in [0.25, 0.3) is 5.69 Å². The molecule has 2 aromatic carbocycles. The zero-order chi connectivity index (χ0) is 18.4. The fourth-order valence-electron chi connectivity index (χ4n) is 2.24. The number of hydrogen-bond acceptors (Lipinski definition) is 5. The quantitative estimate of drug-likeness (QED) is 0.669. The minimum absolute atomic E-state index is 0.0709. The molecule has 0 radical (unpaired) electrons. The summed E-state index contributed by atoms with van der Waals surface area (Å²) in [4.78, 5) is 11.9. The summed E-state index contributed by atoms with van der Waals surface area (Å²) in [5.74, 6) is 0.373. The molecule has 134 valence electrons. The van der Waals surface area contributed by atoms with Crippen molar-refractivity contribution in [3.05, 3.63) is 64.4 Å². The normalized spacial score (nSPS) is 10.5. The number of nitrogens with zero attached hydrogens (tertiary/aromatic N) is 4. The van der Waals surface area contributed by atoms with Crippen molar-refractivity contribution in [3.63, 3.8) is 0 Å². The molecule has 9 heteroatoms. The van der Waals surface area contributed by atoms with Crippen LogP contribution < -0.4 is 10.1 Å². The van der Waals surface area contributed by atoms with E-state index < -0.39 is 0 Å². The Morgan fingerprint density at radius 2 is 1.96 bits per heavy atom. The topological polar surface area (TPSA) is 81.9 Å². The first-order chi connectivity index (χ1) is 12.6. The first-order valence-electron chi connectivity index (χ1n) is 7.78. The number of rotatable bonds is 7. The fourth-order valence-corrected chi connectivity index (χ4v) is 2.74. The largest absolute Gasteiger partial charge is 0.484 e. The molecule has 0 atom stereocenters. The Morgan fingerprint density at radius 3 is 2.65 bits per heavy atom. The van der Waals surface area contributed by atoms with Gasteiger partial charge in [-0.2, -0.15) is 0 Å². The maximum absolute atomic E-state index is 11.9. The summed E-state index contributed by atoms with van der Waals surface area (Å²) in [5.41, 5.74) is 1.72. The number of tetrazole rings is 1. The Labute approximate surface area is 159 Å². The predicted octanol–water partition coefficient (Wildman–Crippen LogP) is 2.71. The van der Waals surface area contributed by atoms with Crippen LogP contribution in [0.1, 0.15) is 5.56 Å². The molecule has 7 nitrogen and oxygen atoms in total. The van der Waals surface area contributed by atoms with Crippen molar-refractivity contribution >= 4 is 29.1 Å². The van der Waals surface area contributed by atoms with E-state index in [-0.39, 0.29) is 12.5 Å². The standard InChI is InChI=1S/C17H15Cl2N5O2/c18-13-2-1-12(16(19)9-13)7-8-20-17(25)10-26-15-5-3-14(4-6-15)24-11-21-22-23-24/h1-6,9,11H,7-8,10H2,(H,20,25). The molecule has 1 amide bonds. The number of amides is 1. The van der Waals surface area contributed by atoms with Crippen molar-refractivity contribution in [2.24, 2.45) is 0 Å². The molecule has 0 aliphatic carbocycles. The number of hydrogen-bond donors (Lipinski definition) is 1. The lowest BCUT2D eigenvalue weighted by molar-refractivity contribution is -0.123. The Morgan fingerprint density at radius 1 is 1.15 bits per heavy atom. The first kappa shape index (κ1) is 18.2. The van der Waals surface area contributed by atoms with Gasteiger partial charge in [0, 0.05) is 16.6 Å². The van der Waals surface area contributed by atoms with Crippen molar-refractivity contribution in [1.82, 2.24) is 25.5 Å². The molecular weight excluding hydrogens is 377 g/mol. The molecule has 0 aliphatic rings. The van der Waals surface area contributed by atoms with E-state index in [0.717, 1.165) is 11.3 Å². The lowest BCUT2D eigenvalue weighted by Crippen LogP contribution is -2.30. The third kappa shape index (κ3) is 4.93. The number of nitrogens with one attached hydrogen (secondary N) is 1. The second-order valence-electron chi connectivity index (χ2n) is 5.37. The molecule has 0 unspecified atom stereocenters. The summed E-state index contributed by atoms with van der Waals surface area (Å²) < 4.78 is 6.99. The maximum atomic E-state index is 11.9. The monoisotopic (exact) mass is 391 g/mol. The van der Waals surface area contributed by atoms with Crippen molar-refractivity contribution in [1.29, 1.82) is 0 Å². The summed E-state index contributed by atoms with van der Waals surface area (Å²) in [6, 6.07) is 12.4. The van der Waals surface area contributed by atoms with Gasteiger partial charge in [-0.15, -0.1) is 5.10 Å². The Bertz CT molecular complexity index is 869. The third-order valence-corrected chi connectivity index (χ3v) is 4.14. The van der Waals surface area contributed by atoms with Gasteiger partial charge in [-0.1, -0.05) is 29.3 Å². The van der Waals surface area contributed by atoms with Crippen LogP contribution >= 0.6 is 23.2 Å². The van der Waals surface area contributed by atoms with Gasteiger partial charge < -0.3 is 10.1 Å². The SMILES string of the molecule is O=C(COc1ccc(-n2cnnn2)cc1)NCCc1ccc(Cl)cc1Cl. The zero-order valence-corrected chi connectivity index (χ0v) is 15.1. The highest BCUT2D eigenvalue weighted by atomic mass is 35.5. The van der Waals surface area contributed by atoms with E-state index in [0.29, 0.717) is 28.8 Å². The summed E-state index contributed by atoms with van der Waals surface area (Å²) in [6.07, 6.45) is 2.11. The molecule has 3 rings (SSSR count). The van der Waals surface area contributed by atoms with Crippen LogP contribution in [0.4, 0.5) is 0 Å². The van der Waals surface area contributed by atoms with E-state index >= 15 is 0 Å². The van der Waals surface area contributed by atoms with Crippen LogP contribution in [0.3, 0.4) is 0 Å². The van der Waals surface area contributed by atoms with Crippen molar-refractivity contribution in [2.75, 3.05) is 13.2 Å². The van der Waals surface area contributed by atoms with Crippen molar-refractivity contribution in [2.45, 2.75) is 6.42 Å². The predicted molar refractivity (Wildman–Crippen MR) is 97.8 cm³/mol. The second-order valence-corrected chi connectivity index (χ2v) is 6.22. The van der Waals surface area contributed by atoms with Gasteiger partial charge in [-0.05, 0) is 58.8 Å². The van der Waals surface area contributed by atoms with Gasteiger partial charge in [0.05, 0.1) is 5.69 Å². The van der Waals surface area contributed by atoms with Gasteiger partial charge in [-0.25, -0.2) is 4.68 Å². The van der Waals surface area contributed by atoms with Crippen molar-refractivity contribution < 1.29 is 9.53 Å². The van der Waals surface area contributed by atoms with Gasteiger partial charge in [0.15, 0.2) is 6.61 Å². The van der Waals surface area contributed by atoms with E-state index in [9.17, 15) is 4.79 Å². The Hall–Kier alpha value is -2.64. The molecule has 0 saturated carbocycles. The molecule has 0 saturated heterocycles. The molecule has 1 aromatic heterocycles. The minimum Gasteiger partial charge on any atom is -0.484 e. The number of carbonyl (C=O) groups is 1. The number of ether oxygens (including phenoxy) is 1. The smallest absolute Gasteiger partial charge is 0.257 e. The summed E-state index contributed by atoms with van der Waals surface area (Å²) in [5, 5.41) is 14.9. The molecule has 3 aromatic rings. The fraction of sp³-hybridized carbons (Fsp3) is 0.176. The Kier molecular flexibility index (Phi) is 6.04. The van der Waals surface area contributed by atoms with Crippen LogP contribution in [0, 0.1) is 0 Å². The van der Waals surface area contributed by atoms with E-state index in [2.05, 4.69) is 20.8 Å². The van der Waals surface area contributed by atoms with E-state index in [1.165, 1.54) is 11.0 Å². The zero-order valence-electron chi connectivity index (χ0n) is 13.6. The first-order valence-corrected chi connectivity index (χ1v) is 8.54. The number of carbonyl (C=O) groups excluding carboxylic acids is 1. The average Bonchev–Trinajstić information content (AvgIpc) is 3.17. The van der Waals surface area contributed by atoms with Crippen molar-refractivity contribution in [3.8, 4) is 11.4 Å². The minimum atomic E-state index is -0.209. The molecule has 0 fully saturated rings. The third-order valence-electron chi connectivity index (χ3n) is 3.55. The van der Waals surface area contributed by atoms with Crippen LogP contribution in [0.5, 0.6) is 5.75 Å². The van der Waals surface area contributed by atoms with Gasteiger partial charge in [0.25, 0.3) is 5.91 Å². The van der Waals surface area contributed by atoms with Gasteiger partial charge in [-0.3, -0.25) is 4.79 Å². The summed E-state index contributed by atoms with van der Waals surface area (Å²) >= 11 is 12.0. The molecule has 26 heavy (non-hydrogen) atoms. The summed E-state index contributed by atoms with van der Waals surface area (Å²) in [6.45, 7) is 0.389. The highest BCUT2D eigenvalue weighted by molar-refractivity contribution is 6.35. The molecule has 1 N–H and O–H groups in total. The number of aromatic nitrogens is 4.